The SMILES string of the molecule is COc1ccc2c(C)c(CCC(=O)NC3CCNCC3C)c(=O)oc2c1.Cl. The predicted molar refractivity (Wildman–Crippen MR) is 108 cm³/mol. The van der Waals surface area contributed by atoms with Crippen molar-refractivity contribution in [2.75, 3.05) is 20.2 Å². The summed E-state index contributed by atoms with van der Waals surface area (Å²) in [5.41, 5.74) is 1.55. The molecule has 27 heavy (non-hydrogen) atoms. The van der Waals surface area contributed by atoms with Crippen LogP contribution in [0.5, 0.6) is 5.75 Å². The number of nitrogens with one attached hydrogen (secondary N) is 2. The van der Waals surface area contributed by atoms with Crippen molar-refractivity contribution in [2.24, 2.45) is 5.92 Å². The van der Waals surface area contributed by atoms with Crippen molar-refractivity contribution >= 4 is 29.3 Å². The molecule has 1 fully saturated rings. The van der Waals surface area contributed by atoms with Crippen LogP contribution in [0.4, 0.5) is 0 Å². The number of benzene rings is 1. The summed E-state index contributed by atoms with van der Waals surface area (Å²) in [6.45, 7) is 5.87. The Balaban J connectivity index is 0.00000261. The van der Waals surface area contributed by atoms with Gasteiger partial charge in [-0.3, -0.25) is 4.79 Å². The molecule has 2 heterocycles. The highest BCUT2D eigenvalue weighted by Gasteiger charge is 2.22. The third-order valence-corrected chi connectivity index (χ3v) is 5.23. The molecule has 2 atom stereocenters. The molecule has 0 saturated carbocycles. The zero-order valence-corrected chi connectivity index (χ0v) is 16.8. The second-order valence-corrected chi connectivity index (χ2v) is 7.00. The lowest BCUT2D eigenvalue weighted by Gasteiger charge is -2.30. The number of hydrogen-bond acceptors (Lipinski definition) is 5. The minimum absolute atomic E-state index is 0. The predicted octanol–water partition coefficient (Wildman–Crippen LogP) is 2.58. The van der Waals surface area contributed by atoms with Gasteiger partial charge in [0.2, 0.25) is 5.91 Å². The molecule has 1 amide bonds. The third kappa shape index (κ3) is 4.82. The Kier molecular flexibility index (Phi) is 7.27. The fourth-order valence-electron chi connectivity index (χ4n) is 3.54. The number of ether oxygens (including phenoxy) is 1. The molecule has 1 aliphatic heterocycles. The van der Waals surface area contributed by atoms with Crippen LogP contribution in [-0.2, 0) is 11.2 Å². The van der Waals surface area contributed by atoms with Crippen LogP contribution in [0.15, 0.2) is 27.4 Å². The molecule has 7 heteroatoms. The standard InChI is InChI=1S/C20H26N2O4.ClH/c1-12-11-21-9-8-17(12)22-19(23)7-6-16-13(2)15-5-4-14(25-3)10-18(15)26-20(16)24;/h4-5,10,12,17,21H,6-9,11H2,1-3H3,(H,22,23);1H. The Hall–Kier alpha value is -2.05. The Morgan fingerprint density at radius 2 is 2.19 bits per heavy atom. The zero-order chi connectivity index (χ0) is 18.7. The maximum atomic E-state index is 12.4. The van der Waals surface area contributed by atoms with E-state index in [0.29, 0.717) is 29.2 Å². The molecule has 1 aromatic heterocycles. The van der Waals surface area contributed by atoms with E-state index >= 15 is 0 Å². The molecule has 0 radical (unpaired) electrons. The molecule has 148 valence electrons. The highest BCUT2D eigenvalue weighted by molar-refractivity contribution is 5.85. The van der Waals surface area contributed by atoms with E-state index in [2.05, 4.69) is 17.6 Å². The van der Waals surface area contributed by atoms with Gasteiger partial charge in [0.15, 0.2) is 0 Å². The Morgan fingerprint density at radius 1 is 1.41 bits per heavy atom. The average Bonchev–Trinajstić information content (AvgIpc) is 2.63. The number of aryl methyl sites for hydroxylation is 1. The van der Waals surface area contributed by atoms with E-state index in [1.54, 1.807) is 13.2 Å². The fraction of sp³-hybridized carbons (Fsp3) is 0.500. The lowest BCUT2D eigenvalue weighted by molar-refractivity contribution is -0.122. The molecule has 1 saturated heterocycles. The van der Waals surface area contributed by atoms with Gasteiger partial charge in [0.1, 0.15) is 11.3 Å². The van der Waals surface area contributed by atoms with Gasteiger partial charge in [-0.05, 0) is 56.5 Å². The van der Waals surface area contributed by atoms with E-state index in [1.807, 2.05) is 19.1 Å². The van der Waals surface area contributed by atoms with E-state index in [-0.39, 0.29) is 36.4 Å². The summed E-state index contributed by atoms with van der Waals surface area (Å²) < 4.78 is 10.6. The number of fused-ring (bicyclic) bond motifs is 1. The van der Waals surface area contributed by atoms with Crippen molar-refractivity contribution < 1.29 is 13.9 Å². The molecule has 1 aliphatic rings. The average molecular weight is 395 g/mol. The van der Waals surface area contributed by atoms with Gasteiger partial charge in [-0.1, -0.05) is 6.92 Å². The topological polar surface area (TPSA) is 80.6 Å². The Labute approximate surface area is 165 Å². The minimum Gasteiger partial charge on any atom is -0.497 e. The molecule has 1 aromatic carbocycles. The number of hydrogen-bond donors (Lipinski definition) is 2. The lowest BCUT2D eigenvalue weighted by atomic mass is 9.95. The summed E-state index contributed by atoms with van der Waals surface area (Å²) in [4.78, 5) is 24.7. The summed E-state index contributed by atoms with van der Waals surface area (Å²) in [6.07, 6.45) is 1.59. The van der Waals surface area contributed by atoms with Crippen LogP contribution in [0.1, 0.15) is 30.9 Å². The van der Waals surface area contributed by atoms with Crippen LogP contribution < -0.4 is 21.0 Å². The number of methoxy groups -OCH3 is 1. The van der Waals surface area contributed by atoms with Crippen LogP contribution in [0.3, 0.4) is 0 Å². The van der Waals surface area contributed by atoms with Crippen LogP contribution in [0, 0.1) is 12.8 Å². The van der Waals surface area contributed by atoms with E-state index in [0.717, 1.165) is 30.5 Å². The number of piperidine rings is 1. The van der Waals surface area contributed by atoms with E-state index in [1.165, 1.54) is 0 Å². The summed E-state index contributed by atoms with van der Waals surface area (Å²) in [7, 11) is 1.57. The molecule has 0 aliphatic carbocycles. The first kappa shape index (κ1) is 21.3. The van der Waals surface area contributed by atoms with Gasteiger partial charge in [0, 0.05) is 29.5 Å². The largest absolute Gasteiger partial charge is 0.497 e. The second-order valence-electron chi connectivity index (χ2n) is 7.00. The highest BCUT2D eigenvalue weighted by Crippen LogP contribution is 2.24. The number of carbonyl (C=O) groups excluding carboxylic acids is 1. The smallest absolute Gasteiger partial charge is 0.339 e. The molecular formula is C20H27ClN2O4. The van der Waals surface area contributed by atoms with E-state index < -0.39 is 0 Å². The van der Waals surface area contributed by atoms with Gasteiger partial charge in [-0.15, -0.1) is 12.4 Å². The molecule has 0 spiro atoms. The van der Waals surface area contributed by atoms with Crippen molar-refractivity contribution in [2.45, 2.75) is 39.2 Å². The van der Waals surface area contributed by atoms with Crippen LogP contribution in [-0.4, -0.2) is 32.1 Å². The number of amides is 1. The second kappa shape index (κ2) is 9.24. The Morgan fingerprint density at radius 3 is 2.89 bits per heavy atom. The van der Waals surface area contributed by atoms with Gasteiger partial charge < -0.3 is 19.8 Å². The van der Waals surface area contributed by atoms with Crippen molar-refractivity contribution in [3.05, 3.63) is 39.7 Å². The molecule has 2 N–H and O–H groups in total. The summed E-state index contributed by atoms with van der Waals surface area (Å²) in [6, 6.07) is 5.63. The summed E-state index contributed by atoms with van der Waals surface area (Å²) in [5.74, 6) is 1.04. The van der Waals surface area contributed by atoms with E-state index in [9.17, 15) is 9.59 Å². The molecular weight excluding hydrogens is 368 g/mol. The summed E-state index contributed by atoms with van der Waals surface area (Å²) in [5, 5.41) is 7.29. The van der Waals surface area contributed by atoms with Gasteiger partial charge in [0.05, 0.1) is 7.11 Å². The third-order valence-electron chi connectivity index (χ3n) is 5.23. The van der Waals surface area contributed by atoms with Crippen LogP contribution >= 0.6 is 12.4 Å². The maximum Gasteiger partial charge on any atom is 0.339 e. The zero-order valence-electron chi connectivity index (χ0n) is 16.0. The molecule has 2 unspecified atom stereocenters. The van der Waals surface area contributed by atoms with Gasteiger partial charge in [-0.2, -0.15) is 0 Å². The van der Waals surface area contributed by atoms with Crippen LogP contribution in [0.2, 0.25) is 0 Å². The van der Waals surface area contributed by atoms with Crippen molar-refractivity contribution in [3.63, 3.8) is 0 Å². The molecule has 2 aromatic rings. The Bertz CT molecular complexity index is 865. The monoisotopic (exact) mass is 394 g/mol. The van der Waals surface area contributed by atoms with Crippen molar-refractivity contribution in [1.29, 1.82) is 0 Å². The molecule has 3 rings (SSSR count). The van der Waals surface area contributed by atoms with Gasteiger partial charge in [0.25, 0.3) is 0 Å². The number of halogens is 1. The first-order chi connectivity index (χ1) is 12.5. The van der Waals surface area contributed by atoms with Crippen molar-refractivity contribution in [1.82, 2.24) is 10.6 Å². The minimum atomic E-state index is -0.383. The van der Waals surface area contributed by atoms with Gasteiger partial charge >= 0.3 is 5.63 Å². The quantitative estimate of drug-likeness (QED) is 0.762. The fourth-order valence-corrected chi connectivity index (χ4v) is 3.54. The number of carbonyl (C=O) groups is 1. The first-order valence-electron chi connectivity index (χ1n) is 9.10. The summed E-state index contributed by atoms with van der Waals surface area (Å²) >= 11 is 0. The highest BCUT2D eigenvalue weighted by atomic mass is 35.5. The van der Waals surface area contributed by atoms with Gasteiger partial charge in [-0.25, -0.2) is 4.79 Å². The van der Waals surface area contributed by atoms with E-state index in [4.69, 9.17) is 9.15 Å². The molecule has 0 bridgehead atoms. The maximum absolute atomic E-state index is 12.4. The van der Waals surface area contributed by atoms with Crippen molar-refractivity contribution in [3.8, 4) is 5.75 Å². The molecule has 6 nitrogen and oxygen atoms in total. The normalized spacial score (nSPS) is 19.4. The van der Waals surface area contributed by atoms with Crippen LogP contribution in [0.25, 0.3) is 11.0 Å². The number of rotatable bonds is 5. The first-order valence-corrected chi connectivity index (χ1v) is 9.10. The lowest BCUT2D eigenvalue weighted by Crippen LogP contribution is -2.48.